The van der Waals surface area contributed by atoms with Gasteiger partial charge in [-0.1, -0.05) is 12.1 Å². The summed E-state index contributed by atoms with van der Waals surface area (Å²) in [6.45, 7) is 2.11. The Morgan fingerprint density at radius 2 is 1.80 bits per heavy atom. The fraction of sp³-hybridized carbons (Fsp3) is 0.222. The molecule has 0 aliphatic carbocycles. The molecule has 1 heterocycles. The number of anilines is 2. The van der Waals surface area contributed by atoms with E-state index in [-0.39, 0.29) is 5.91 Å². The summed E-state index contributed by atoms with van der Waals surface area (Å²) in [4.78, 5) is 14.8. The lowest BCUT2D eigenvalue weighted by molar-refractivity contribution is 0.0977. The average Bonchev–Trinajstić information content (AvgIpc) is 3.11. The summed E-state index contributed by atoms with van der Waals surface area (Å²) in [5.74, 6) is -0.195. The Morgan fingerprint density at radius 3 is 2.56 bits per heavy atom. The number of benzene rings is 2. The molecule has 0 unspecified atom stereocenters. The number of rotatable bonds is 3. The molecule has 130 valence electrons. The van der Waals surface area contributed by atoms with Gasteiger partial charge in [0.05, 0.1) is 16.9 Å². The predicted octanol–water partition coefficient (Wildman–Crippen LogP) is 4.62. The summed E-state index contributed by atoms with van der Waals surface area (Å²) < 4.78 is 1.91. The molecule has 4 nitrogen and oxygen atoms in total. The average molecular weight is 577 g/mol. The van der Waals surface area contributed by atoms with E-state index in [1.54, 1.807) is 0 Å². The molecule has 1 aliphatic rings. The van der Waals surface area contributed by atoms with Gasteiger partial charge in [-0.15, -0.1) is 0 Å². The fourth-order valence-electron chi connectivity index (χ4n) is 2.81. The van der Waals surface area contributed by atoms with E-state index in [1.165, 1.54) is 12.8 Å². The van der Waals surface area contributed by atoms with Crippen molar-refractivity contribution in [2.45, 2.75) is 12.8 Å². The summed E-state index contributed by atoms with van der Waals surface area (Å²) in [5.41, 5.74) is 2.68. The van der Waals surface area contributed by atoms with Crippen LogP contribution in [0.4, 0.5) is 11.4 Å². The first-order valence-electron chi connectivity index (χ1n) is 7.96. The summed E-state index contributed by atoms with van der Waals surface area (Å²) in [6, 6.07) is 13.8. The number of amides is 1. The SMILES string of the molecule is O=C(NC(=S)Nc1ccccc1N1CCCC1)c1cc(I)ccc1I. The molecule has 2 aromatic rings. The highest BCUT2D eigenvalue weighted by molar-refractivity contribution is 14.1. The normalized spacial score (nSPS) is 13.6. The monoisotopic (exact) mass is 577 g/mol. The number of nitrogens with zero attached hydrogens (tertiary/aromatic N) is 1. The van der Waals surface area contributed by atoms with Gasteiger partial charge in [-0.05, 0) is 101 Å². The van der Waals surface area contributed by atoms with Crippen molar-refractivity contribution < 1.29 is 4.79 Å². The van der Waals surface area contributed by atoms with Crippen molar-refractivity contribution in [1.82, 2.24) is 5.32 Å². The Balaban J connectivity index is 1.71. The highest BCUT2D eigenvalue weighted by Crippen LogP contribution is 2.28. The van der Waals surface area contributed by atoms with Crippen molar-refractivity contribution in [3.63, 3.8) is 0 Å². The largest absolute Gasteiger partial charge is 0.370 e. The smallest absolute Gasteiger partial charge is 0.258 e. The molecule has 1 amide bonds. The van der Waals surface area contributed by atoms with Crippen LogP contribution in [0.2, 0.25) is 0 Å². The lowest BCUT2D eigenvalue weighted by atomic mass is 10.2. The zero-order valence-corrected chi connectivity index (χ0v) is 18.5. The second-order valence-corrected chi connectivity index (χ2v) is 8.56. The molecular formula is C18H17I2N3OS. The van der Waals surface area contributed by atoms with E-state index in [0.717, 1.165) is 31.6 Å². The Bertz CT molecular complexity index is 807. The van der Waals surface area contributed by atoms with Crippen molar-refractivity contribution in [2.24, 2.45) is 0 Å². The molecule has 1 fully saturated rings. The van der Waals surface area contributed by atoms with Gasteiger partial charge in [-0.25, -0.2) is 0 Å². The first-order valence-corrected chi connectivity index (χ1v) is 10.5. The maximum Gasteiger partial charge on any atom is 0.258 e. The molecule has 25 heavy (non-hydrogen) atoms. The lowest BCUT2D eigenvalue weighted by Crippen LogP contribution is -2.35. The topological polar surface area (TPSA) is 44.4 Å². The van der Waals surface area contributed by atoms with Crippen molar-refractivity contribution >= 4 is 79.8 Å². The van der Waals surface area contributed by atoms with Crippen LogP contribution in [0, 0.1) is 7.14 Å². The number of thiocarbonyl (C=S) groups is 1. The van der Waals surface area contributed by atoms with Gasteiger partial charge >= 0.3 is 0 Å². The first kappa shape index (κ1) is 18.8. The van der Waals surface area contributed by atoms with Crippen LogP contribution >= 0.6 is 57.4 Å². The number of nitrogens with one attached hydrogen (secondary N) is 2. The maximum absolute atomic E-state index is 12.5. The van der Waals surface area contributed by atoms with Crippen LogP contribution < -0.4 is 15.5 Å². The number of carbonyl (C=O) groups excluding carboxylic acids is 1. The molecule has 1 aliphatic heterocycles. The highest BCUT2D eigenvalue weighted by atomic mass is 127. The van der Waals surface area contributed by atoms with E-state index in [1.807, 2.05) is 36.4 Å². The van der Waals surface area contributed by atoms with Crippen LogP contribution in [0.3, 0.4) is 0 Å². The summed E-state index contributed by atoms with van der Waals surface area (Å²) in [6.07, 6.45) is 2.42. The minimum absolute atomic E-state index is 0.195. The molecule has 2 N–H and O–H groups in total. The first-order chi connectivity index (χ1) is 12.0. The van der Waals surface area contributed by atoms with Crippen LogP contribution in [-0.4, -0.2) is 24.1 Å². The van der Waals surface area contributed by atoms with Crippen LogP contribution in [-0.2, 0) is 0 Å². The van der Waals surface area contributed by atoms with E-state index in [0.29, 0.717) is 10.7 Å². The van der Waals surface area contributed by atoms with Crippen LogP contribution in [0.5, 0.6) is 0 Å². The van der Waals surface area contributed by atoms with Crippen LogP contribution in [0.1, 0.15) is 23.2 Å². The van der Waals surface area contributed by atoms with Crippen molar-refractivity contribution in [3.05, 3.63) is 55.2 Å². The van der Waals surface area contributed by atoms with Gasteiger partial charge in [-0.3, -0.25) is 10.1 Å². The van der Waals surface area contributed by atoms with Crippen molar-refractivity contribution in [1.29, 1.82) is 0 Å². The molecule has 0 radical (unpaired) electrons. The van der Waals surface area contributed by atoms with Gasteiger partial charge in [0, 0.05) is 20.2 Å². The molecule has 0 atom stereocenters. The second-order valence-electron chi connectivity index (χ2n) is 5.74. The van der Waals surface area contributed by atoms with Crippen LogP contribution in [0.15, 0.2) is 42.5 Å². The Labute approximate surface area is 180 Å². The van der Waals surface area contributed by atoms with E-state index < -0.39 is 0 Å². The van der Waals surface area contributed by atoms with Gasteiger partial charge in [-0.2, -0.15) is 0 Å². The quantitative estimate of drug-likeness (QED) is 0.413. The lowest BCUT2D eigenvalue weighted by Gasteiger charge is -2.22. The predicted molar refractivity (Wildman–Crippen MR) is 123 cm³/mol. The van der Waals surface area contributed by atoms with Gasteiger partial charge < -0.3 is 10.2 Å². The molecule has 0 saturated carbocycles. The maximum atomic E-state index is 12.5. The fourth-order valence-corrected chi connectivity index (χ4v) is 4.08. The molecular weight excluding hydrogens is 560 g/mol. The minimum Gasteiger partial charge on any atom is -0.370 e. The van der Waals surface area contributed by atoms with Crippen LogP contribution in [0.25, 0.3) is 0 Å². The molecule has 0 spiro atoms. The van der Waals surface area contributed by atoms with Gasteiger partial charge in [0.1, 0.15) is 0 Å². The third-order valence-corrected chi connectivity index (χ3v) is 5.81. The molecule has 3 rings (SSSR count). The number of halogens is 2. The third kappa shape index (κ3) is 4.82. The number of hydrogen-bond donors (Lipinski definition) is 2. The van der Waals surface area contributed by atoms with Gasteiger partial charge in [0.25, 0.3) is 5.91 Å². The standard InChI is InChI=1S/C18H17I2N3OS/c19-12-7-8-14(20)13(11-12)17(24)22-18(25)21-15-5-1-2-6-16(15)23-9-3-4-10-23/h1-2,5-8,11H,3-4,9-10H2,(H2,21,22,24,25). The third-order valence-electron chi connectivity index (χ3n) is 4.00. The minimum atomic E-state index is -0.195. The summed E-state index contributed by atoms with van der Waals surface area (Å²) in [7, 11) is 0. The molecule has 7 heteroatoms. The van der Waals surface area contributed by atoms with Gasteiger partial charge in [0.2, 0.25) is 0 Å². The summed E-state index contributed by atoms with van der Waals surface area (Å²) in [5, 5.41) is 6.27. The van der Waals surface area contributed by atoms with E-state index in [2.05, 4.69) is 66.8 Å². The van der Waals surface area contributed by atoms with E-state index in [9.17, 15) is 4.79 Å². The molecule has 0 aromatic heterocycles. The zero-order chi connectivity index (χ0) is 17.8. The second kappa shape index (κ2) is 8.63. The zero-order valence-electron chi connectivity index (χ0n) is 13.4. The molecule has 2 aromatic carbocycles. The number of carbonyl (C=O) groups is 1. The van der Waals surface area contributed by atoms with E-state index >= 15 is 0 Å². The highest BCUT2D eigenvalue weighted by Gasteiger charge is 2.17. The number of hydrogen-bond acceptors (Lipinski definition) is 3. The molecule has 0 bridgehead atoms. The van der Waals surface area contributed by atoms with Crippen molar-refractivity contribution in [2.75, 3.05) is 23.3 Å². The van der Waals surface area contributed by atoms with Gasteiger partial charge in [0.15, 0.2) is 5.11 Å². The number of para-hydroxylation sites is 2. The van der Waals surface area contributed by atoms with E-state index in [4.69, 9.17) is 12.2 Å². The Morgan fingerprint density at radius 1 is 1.08 bits per heavy atom. The Kier molecular flexibility index (Phi) is 6.50. The van der Waals surface area contributed by atoms with Crippen molar-refractivity contribution in [3.8, 4) is 0 Å². The Hall–Kier alpha value is -0.940. The summed E-state index contributed by atoms with van der Waals surface area (Å²) >= 11 is 9.71. The molecule has 1 saturated heterocycles.